The number of para-hydroxylation sites is 1. The van der Waals surface area contributed by atoms with Crippen molar-refractivity contribution in [1.29, 1.82) is 0 Å². The van der Waals surface area contributed by atoms with Crippen LogP contribution in [0.1, 0.15) is 25.3 Å². The average Bonchev–Trinajstić information content (AvgIpc) is 3.32. The van der Waals surface area contributed by atoms with Crippen molar-refractivity contribution in [3.05, 3.63) is 29.8 Å². The predicted molar refractivity (Wildman–Crippen MR) is 83.7 cm³/mol. The van der Waals surface area contributed by atoms with Crippen LogP contribution in [-0.2, 0) is 11.3 Å². The summed E-state index contributed by atoms with van der Waals surface area (Å²) >= 11 is 0. The number of morpholine rings is 1. The molecular weight excluding hydrogens is 264 g/mol. The van der Waals surface area contributed by atoms with Crippen molar-refractivity contribution in [2.24, 2.45) is 0 Å². The summed E-state index contributed by atoms with van der Waals surface area (Å²) in [5.74, 6) is 1.02. The highest BCUT2D eigenvalue weighted by Gasteiger charge is 2.21. The summed E-state index contributed by atoms with van der Waals surface area (Å²) in [7, 11) is 0. The lowest BCUT2D eigenvalue weighted by atomic mass is 10.2. The Hall–Kier alpha value is -1.10. The molecule has 1 saturated heterocycles. The van der Waals surface area contributed by atoms with Crippen molar-refractivity contribution in [1.82, 2.24) is 10.2 Å². The van der Waals surface area contributed by atoms with E-state index in [0.717, 1.165) is 51.2 Å². The fourth-order valence-corrected chi connectivity index (χ4v) is 2.70. The zero-order valence-corrected chi connectivity index (χ0v) is 12.9. The molecule has 1 aromatic carbocycles. The molecule has 1 heterocycles. The standard InChI is InChI=1S/C17H26N2O2/c1-14-13-20-10-8-19(14)9-11-21-17-5-3-2-4-15(17)12-18-16-6-7-16/h2-5,14,16,18H,6-13H2,1H3. The van der Waals surface area contributed by atoms with Gasteiger partial charge in [0.1, 0.15) is 12.4 Å². The Balaban J connectivity index is 1.47. The predicted octanol–water partition coefficient (Wildman–Crippen LogP) is 2.04. The molecule has 0 spiro atoms. The van der Waals surface area contributed by atoms with Gasteiger partial charge in [0.25, 0.3) is 0 Å². The van der Waals surface area contributed by atoms with Crippen molar-refractivity contribution in [3.8, 4) is 5.75 Å². The second-order valence-corrected chi connectivity index (χ2v) is 6.07. The van der Waals surface area contributed by atoms with Gasteiger partial charge in [-0.15, -0.1) is 0 Å². The Morgan fingerprint density at radius 2 is 2.19 bits per heavy atom. The van der Waals surface area contributed by atoms with Gasteiger partial charge in [0.2, 0.25) is 0 Å². The highest BCUT2D eigenvalue weighted by Crippen LogP contribution is 2.22. The molecule has 0 aromatic heterocycles. The van der Waals surface area contributed by atoms with E-state index in [2.05, 4.69) is 35.3 Å². The number of nitrogens with zero attached hydrogens (tertiary/aromatic N) is 1. The van der Waals surface area contributed by atoms with Crippen LogP contribution in [0.2, 0.25) is 0 Å². The van der Waals surface area contributed by atoms with Gasteiger partial charge < -0.3 is 14.8 Å². The minimum Gasteiger partial charge on any atom is -0.492 e. The van der Waals surface area contributed by atoms with Crippen LogP contribution in [0.25, 0.3) is 0 Å². The number of rotatable bonds is 7. The van der Waals surface area contributed by atoms with Gasteiger partial charge in [0.15, 0.2) is 0 Å². The number of hydrogen-bond acceptors (Lipinski definition) is 4. The van der Waals surface area contributed by atoms with E-state index in [1.807, 2.05) is 6.07 Å². The third kappa shape index (κ3) is 4.43. The lowest BCUT2D eigenvalue weighted by molar-refractivity contribution is -0.00518. The molecule has 1 aliphatic heterocycles. The first-order chi connectivity index (χ1) is 10.3. The van der Waals surface area contributed by atoms with Crippen LogP contribution in [-0.4, -0.2) is 49.9 Å². The van der Waals surface area contributed by atoms with E-state index in [1.54, 1.807) is 0 Å². The first-order valence-corrected chi connectivity index (χ1v) is 8.09. The molecule has 2 fully saturated rings. The van der Waals surface area contributed by atoms with Gasteiger partial charge in [-0.3, -0.25) is 4.90 Å². The Morgan fingerprint density at radius 3 is 3.00 bits per heavy atom. The minimum absolute atomic E-state index is 0.495. The van der Waals surface area contributed by atoms with Gasteiger partial charge in [-0.2, -0.15) is 0 Å². The summed E-state index contributed by atoms with van der Waals surface area (Å²) in [6.07, 6.45) is 2.63. The third-order valence-electron chi connectivity index (χ3n) is 4.27. The molecule has 1 aliphatic carbocycles. The Morgan fingerprint density at radius 1 is 1.33 bits per heavy atom. The second kappa shape index (κ2) is 7.25. The summed E-state index contributed by atoms with van der Waals surface area (Å²) in [5.41, 5.74) is 1.26. The van der Waals surface area contributed by atoms with E-state index >= 15 is 0 Å². The summed E-state index contributed by atoms with van der Waals surface area (Å²) in [4.78, 5) is 2.44. The Bertz CT molecular complexity index is 448. The number of ether oxygens (including phenoxy) is 2. The summed E-state index contributed by atoms with van der Waals surface area (Å²) in [5, 5.41) is 3.55. The molecule has 0 amide bonds. The van der Waals surface area contributed by atoms with E-state index < -0.39 is 0 Å². The van der Waals surface area contributed by atoms with Crippen LogP contribution in [0.5, 0.6) is 5.75 Å². The molecule has 0 radical (unpaired) electrons. The lowest BCUT2D eigenvalue weighted by Crippen LogP contribution is -2.45. The molecule has 1 unspecified atom stereocenters. The lowest BCUT2D eigenvalue weighted by Gasteiger charge is -2.33. The highest BCUT2D eigenvalue weighted by atomic mass is 16.5. The topological polar surface area (TPSA) is 33.7 Å². The van der Waals surface area contributed by atoms with Crippen molar-refractivity contribution in [2.45, 2.75) is 38.4 Å². The summed E-state index contributed by atoms with van der Waals surface area (Å²) in [6, 6.07) is 9.59. The van der Waals surface area contributed by atoms with Gasteiger partial charge in [-0.1, -0.05) is 18.2 Å². The summed E-state index contributed by atoms with van der Waals surface area (Å²) < 4.78 is 11.5. The highest BCUT2D eigenvalue weighted by molar-refractivity contribution is 5.33. The zero-order valence-electron chi connectivity index (χ0n) is 12.9. The van der Waals surface area contributed by atoms with Crippen LogP contribution in [0.3, 0.4) is 0 Å². The van der Waals surface area contributed by atoms with Gasteiger partial charge in [-0.25, -0.2) is 0 Å². The molecule has 0 bridgehead atoms. The molecule has 3 rings (SSSR count). The third-order valence-corrected chi connectivity index (χ3v) is 4.27. The Kier molecular flexibility index (Phi) is 5.12. The van der Waals surface area contributed by atoms with Crippen LogP contribution in [0.4, 0.5) is 0 Å². The average molecular weight is 290 g/mol. The van der Waals surface area contributed by atoms with Crippen molar-refractivity contribution >= 4 is 0 Å². The fraction of sp³-hybridized carbons (Fsp3) is 0.647. The van der Waals surface area contributed by atoms with Crippen LogP contribution >= 0.6 is 0 Å². The molecule has 1 aromatic rings. The molecule has 2 aliphatic rings. The molecule has 1 atom stereocenters. The second-order valence-electron chi connectivity index (χ2n) is 6.07. The smallest absolute Gasteiger partial charge is 0.123 e. The van der Waals surface area contributed by atoms with E-state index in [-0.39, 0.29) is 0 Å². The Labute approximate surface area is 127 Å². The summed E-state index contributed by atoms with van der Waals surface area (Å²) in [6.45, 7) is 7.52. The first kappa shape index (κ1) is 14.8. The normalized spacial score (nSPS) is 23.2. The van der Waals surface area contributed by atoms with E-state index in [1.165, 1.54) is 18.4 Å². The molecule has 21 heavy (non-hydrogen) atoms. The van der Waals surface area contributed by atoms with Crippen LogP contribution in [0.15, 0.2) is 24.3 Å². The molecule has 4 heteroatoms. The van der Waals surface area contributed by atoms with Crippen LogP contribution < -0.4 is 10.1 Å². The maximum absolute atomic E-state index is 6.02. The monoisotopic (exact) mass is 290 g/mol. The molecular formula is C17H26N2O2. The SMILES string of the molecule is CC1COCCN1CCOc1ccccc1CNC1CC1. The minimum atomic E-state index is 0.495. The zero-order chi connectivity index (χ0) is 14.5. The molecule has 1 saturated carbocycles. The van der Waals surface area contributed by atoms with Crippen molar-refractivity contribution in [2.75, 3.05) is 32.9 Å². The number of benzene rings is 1. The molecule has 116 valence electrons. The molecule has 4 nitrogen and oxygen atoms in total. The maximum Gasteiger partial charge on any atom is 0.123 e. The first-order valence-electron chi connectivity index (χ1n) is 8.09. The van der Waals surface area contributed by atoms with Gasteiger partial charge in [-0.05, 0) is 25.8 Å². The van der Waals surface area contributed by atoms with E-state index in [0.29, 0.717) is 6.04 Å². The van der Waals surface area contributed by atoms with Crippen molar-refractivity contribution < 1.29 is 9.47 Å². The van der Waals surface area contributed by atoms with E-state index in [9.17, 15) is 0 Å². The fourth-order valence-electron chi connectivity index (χ4n) is 2.70. The number of nitrogens with one attached hydrogen (secondary N) is 1. The van der Waals surface area contributed by atoms with Crippen LogP contribution in [0, 0.1) is 0 Å². The van der Waals surface area contributed by atoms with Crippen molar-refractivity contribution in [3.63, 3.8) is 0 Å². The van der Waals surface area contributed by atoms with Gasteiger partial charge in [0, 0.05) is 37.3 Å². The molecule has 1 N–H and O–H groups in total. The number of hydrogen-bond donors (Lipinski definition) is 1. The maximum atomic E-state index is 6.02. The van der Waals surface area contributed by atoms with Gasteiger partial charge >= 0.3 is 0 Å². The van der Waals surface area contributed by atoms with Gasteiger partial charge in [0.05, 0.1) is 13.2 Å². The van der Waals surface area contributed by atoms with E-state index in [4.69, 9.17) is 9.47 Å². The largest absolute Gasteiger partial charge is 0.492 e. The quantitative estimate of drug-likeness (QED) is 0.833.